The van der Waals surface area contributed by atoms with Crippen molar-refractivity contribution in [2.45, 2.75) is 109 Å². The Kier molecular flexibility index (Phi) is 8.44. The molecule has 3 saturated carbocycles. The Balaban J connectivity index is 1.72. The number of hydrogen-bond donors (Lipinski definition) is 0. The lowest BCUT2D eigenvalue weighted by molar-refractivity contribution is -0.124. The fourth-order valence-electron chi connectivity index (χ4n) is 4.30. The van der Waals surface area contributed by atoms with Crippen molar-refractivity contribution in [2.24, 2.45) is 11.8 Å². The summed E-state index contributed by atoms with van der Waals surface area (Å²) in [5, 5.41) is 0. The van der Waals surface area contributed by atoms with Crippen molar-refractivity contribution in [2.75, 3.05) is 0 Å². The van der Waals surface area contributed by atoms with Gasteiger partial charge >= 0.3 is 0 Å². The molecule has 0 heterocycles. The standard InChI is InChI=1S/C20H36O/c21-20-13-11-9-7-5-3-1-2-4-6-8-10-12-18-14-16-19(20)17-15-18/h18-19H,1-17H2. The molecule has 0 aromatic carbocycles. The van der Waals surface area contributed by atoms with E-state index < -0.39 is 0 Å². The van der Waals surface area contributed by atoms with E-state index >= 15 is 0 Å². The Labute approximate surface area is 132 Å². The van der Waals surface area contributed by atoms with Gasteiger partial charge in [-0.2, -0.15) is 0 Å². The van der Waals surface area contributed by atoms with Crippen molar-refractivity contribution in [1.82, 2.24) is 0 Å². The van der Waals surface area contributed by atoms with Gasteiger partial charge in [0.15, 0.2) is 0 Å². The van der Waals surface area contributed by atoms with E-state index in [9.17, 15) is 4.79 Å². The predicted molar refractivity (Wildman–Crippen MR) is 90.5 cm³/mol. The molecule has 0 spiro atoms. The second-order valence-electron chi connectivity index (χ2n) is 7.61. The molecule has 0 aliphatic heterocycles. The zero-order valence-corrected chi connectivity index (χ0v) is 14.1. The highest BCUT2D eigenvalue weighted by molar-refractivity contribution is 5.81. The molecule has 0 unspecified atom stereocenters. The van der Waals surface area contributed by atoms with Crippen LogP contribution in [-0.2, 0) is 4.79 Å². The predicted octanol–water partition coefficient (Wildman–Crippen LogP) is 6.45. The highest BCUT2D eigenvalue weighted by atomic mass is 16.1. The van der Waals surface area contributed by atoms with Gasteiger partial charge in [-0.15, -0.1) is 0 Å². The lowest BCUT2D eigenvalue weighted by atomic mass is 9.77. The fourth-order valence-corrected chi connectivity index (χ4v) is 4.30. The molecule has 3 aliphatic rings. The highest BCUT2D eigenvalue weighted by Crippen LogP contribution is 2.33. The summed E-state index contributed by atoms with van der Waals surface area (Å²) in [4.78, 5) is 12.3. The zero-order valence-electron chi connectivity index (χ0n) is 14.1. The first-order valence-corrected chi connectivity index (χ1v) is 9.89. The lowest BCUT2D eigenvalue weighted by Gasteiger charge is -2.27. The topological polar surface area (TPSA) is 17.1 Å². The number of carbonyl (C=O) groups excluding carboxylic acids is 1. The zero-order chi connectivity index (χ0) is 14.8. The molecule has 0 radical (unpaired) electrons. The van der Waals surface area contributed by atoms with Crippen LogP contribution in [0.3, 0.4) is 0 Å². The molecule has 1 nitrogen and oxygen atoms in total. The van der Waals surface area contributed by atoms with Gasteiger partial charge in [-0.25, -0.2) is 0 Å². The van der Waals surface area contributed by atoms with Crippen LogP contribution in [0.5, 0.6) is 0 Å². The minimum absolute atomic E-state index is 0.431. The summed E-state index contributed by atoms with van der Waals surface area (Å²) < 4.78 is 0. The summed E-state index contributed by atoms with van der Waals surface area (Å²) in [5.74, 6) is 1.96. The van der Waals surface area contributed by atoms with Crippen LogP contribution in [0.2, 0.25) is 0 Å². The quantitative estimate of drug-likeness (QED) is 0.501. The maximum Gasteiger partial charge on any atom is 0.135 e. The molecular formula is C20H36O. The number of fused-ring (bicyclic) bond motifs is 15. The van der Waals surface area contributed by atoms with Crippen molar-refractivity contribution < 1.29 is 4.79 Å². The summed E-state index contributed by atoms with van der Waals surface area (Å²) in [5.41, 5.74) is 0. The number of hydrogen-bond acceptors (Lipinski definition) is 1. The maximum absolute atomic E-state index is 12.3. The number of carbonyl (C=O) groups is 1. The number of ketones is 1. The van der Waals surface area contributed by atoms with Gasteiger partial charge in [-0.05, 0) is 38.0 Å². The Bertz CT molecular complexity index is 276. The first-order valence-electron chi connectivity index (χ1n) is 9.89. The molecule has 122 valence electrons. The van der Waals surface area contributed by atoms with Crippen LogP contribution >= 0.6 is 0 Å². The highest BCUT2D eigenvalue weighted by Gasteiger charge is 2.25. The van der Waals surface area contributed by atoms with Crippen LogP contribution in [0.4, 0.5) is 0 Å². The molecule has 21 heavy (non-hydrogen) atoms. The van der Waals surface area contributed by atoms with Gasteiger partial charge < -0.3 is 0 Å². The molecule has 0 saturated heterocycles. The molecule has 0 aromatic rings. The van der Waals surface area contributed by atoms with E-state index in [1.165, 1.54) is 96.3 Å². The minimum atomic E-state index is 0.431. The third kappa shape index (κ3) is 6.98. The number of Topliss-reactive ketones (excluding diaryl/α,β-unsaturated/α-hetero) is 1. The average molecular weight is 293 g/mol. The van der Waals surface area contributed by atoms with Crippen LogP contribution in [0.15, 0.2) is 0 Å². The Hall–Kier alpha value is -0.330. The van der Waals surface area contributed by atoms with Gasteiger partial charge in [-0.3, -0.25) is 4.79 Å². The molecule has 3 aliphatic carbocycles. The largest absolute Gasteiger partial charge is 0.299 e. The van der Waals surface area contributed by atoms with Crippen LogP contribution in [0.25, 0.3) is 0 Å². The van der Waals surface area contributed by atoms with Crippen molar-refractivity contribution in [3.05, 3.63) is 0 Å². The normalized spacial score (nSPS) is 31.5. The van der Waals surface area contributed by atoms with Crippen molar-refractivity contribution in [3.8, 4) is 0 Å². The van der Waals surface area contributed by atoms with E-state index in [0.717, 1.165) is 18.8 Å². The van der Waals surface area contributed by atoms with E-state index in [0.29, 0.717) is 11.7 Å². The molecule has 0 N–H and O–H groups in total. The second kappa shape index (κ2) is 10.4. The Morgan fingerprint density at radius 1 is 0.524 bits per heavy atom. The summed E-state index contributed by atoms with van der Waals surface area (Å²) >= 11 is 0. The summed E-state index contributed by atoms with van der Waals surface area (Å²) in [6, 6.07) is 0. The molecule has 3 fully saturated rings. The molecule has 0 amide bonds. The monoisotopic (exact) mass is 292 g/mol. The summed E-state index contributed by atoms with van der Waals surface area (Å²) in [7, 11) is 0. The SMILES string of the molecule is O=C1CCCCCCCCCCCCCC2CCC1CC2. The van der Waals surface area contributed by atoms with E-state index in [1.54, 1.807) is 0 Å². The van der Waals surface area contributed by atoms with Crippen molar-refractivity contribution in [1.29, 1.82) is 0 Å². The second-order valence-corrected chi connectivity index (χ2v) is 7.61. The van der Waals surface area contributed by atoms with Gasteiger partial charge in [0, 0.05) is 12.3 Å². The molecule has 2 bridgehead atoms. The van der Waals surface area contributed by atoms with E-state index in [4.69, 9.17) is 0 Å². The average Bonchev–Trinajstić information content (AvgIpc) is 2.51. The lowest BCUT2D eigenvalue weighted by Crippen LogP contribution is -2.21. The van der Waals surface area contributed by atoms with Crippen molar-refractivity contribution >= 4 is 5.78 Å². The third-order valence-electron chi connectivity index (χ3n) is 5.84. The molecule has 0 aromatic heterocycles. The first kappa shape index (κ1) is 17.0. The van der Waals surface area contributed by atoms with Crippen LogP contribution in [0.1, 0.15) is 109 Å². The van der Waals surface area contributed by atoms with Gasteiger partial charge in [0.05, 0.1) is 0 Å². The first-order chi connectivity index (χ1) is 10.4. The van der Waals surface area contributed by atoms with Gasteiger partial charge in [-0.1, -0.05) is 70.6 Å². The summed E-state index contributed by atoms with van der Waals surface area (Å²) in [6.45, 7) is 0. The van der Waals surface area contributed by atoms with Gasteiger partial charge in [0.1, 0.15) is 5.78 Å². The Morgan fingerprint density at radius 2 is 1.00 bits per heavy atom. The van der Waals surface area contributed by atoms with Crippen molar-refractivity contribution in [3.63, 3.8) is 0 Å². The summed E-state index contributed by atoms with van der Waals surface area (Å²) in [6.07, 6.45) is 22.6. The van der Waals surface area contributed by atoms with Crippen LogP contribution in [0, 0.1) is 11.8 Å². The molecule has 3 rings (SSSR count). The van der Waals surface area contributed by atoms with Gasteiger partial charge in [0.2, 0.25) is 0 Å². The van der Waals surface area contributed by atoms with Crippen LogP contribution in [-0.4, -0.2) is 5.78 Å². The molecular weight excluding hydrogens is 256 g/mol. The third-order valence-corrected chi connectivity index (χ3v) is 5.84. The fraction of sp³-hybridized carbons (Fsp3) is 0.950. The van der Waals surface area contributed by atoms with E-state index in [-0.39, 0.29) is 0 Å². The number of rotatable bonds is 0. The smallest absolute Gasteiger partial charge is 0.135 e. The van der Waals surface area contributed by atoms with E-state index in [2.05, 4.69) is 0 Å². The van der Waals surface area contributed by atoms with E-state index in [1.807, 2.05) is 0 Å². The minimum Gasteiger partial charge on any atom is -0.299 e. The van der Waals surface area contributed by atoms with Crippen LogP contribution < -0.4 is 0 Å². The Morgan fingerprint density at radius 3 is 1.57 bits per heavy atom. The molecule has 0 atom stereocenters. The molecule has 1 heteroatoms. The maximum atomic E-state index is 12.3. The van der Waals surface area contributed by atoms with Gasteiger partial charge in [0.25, 0.3) is 0 Å².